The first-order valence-corrected chi connectivity index (χ1v) is 5.90. The van der Waals surface area contributed by atoms with Crippen LogP contribution in [0, 0.1) is 5.41 Å². The van der Waals surface area contributed by atoms with Gasteiger partial charge in [-0.2, -0.15) is 0 Å². The Kier molecular flexibility index (Phi) is 2.75. The fourth-order valence-electron chi connectivity index (χ4n) is 2.55. The summed E-state index contributed by atoms with van der Waals surface area (Å²) < 4.78 is 5.54. The molecule has 0 radical (unpaired) electrons. The summed E-state index contributed by atoms with van der Waals surface area (Å²) in [6.45, 7) is 7.47. The summed E-state index contributed by atoms with van der Waals surface area (Å²) in [5.74, 6) is 0.292. The van der Waals surface area contributed by atoms with Crippen LogP contribution in [0.2, 0.25) is 0 Å². The Bertz CT molecular complexity index is 235. The minimum Gasteiger partial charge on any atom is -0.377 e. The summed E-state index contributed by atoms with van der Waals surface area (Å²) in [4.78, 5) is 14.4. The molecule has 0 saturated carbocycles. The number of fused-ring (bicyclic) bond motifs is 2. The highest BCUT2D eigenvalue weighted by Crippen LogP contribution is 2.31. The van der Waals surface area contributed by atoms with Gasteiger partial charge in [0.1, 0.15) is 0 Å². The van der Waals surface area contributed by atoms with Crippen molar-refractivity contribution in [2.75, 3.05) is 13.2 Å². The second-order valence-electron chi connectivity index (χ2n) is 5.74. The van der Waals surface area contributed by atoms with E-state index in [9.17, 15) is 4.79 Å². The van der Waals surface area contributed by atoms with Gasteiger partial charge in [-0.3, -0.25) is 4.79 Å². The number of carbonyl (C=O) groups excluding carboxylic acids is 1. The van der Waals surface area contributed by atoms with Gasteiger partial charge < -0.3 is 9.64 Å². The zero-order chi connectivity index (χ0) is 11.1. The molecule has 15 heavy (non-hydrogen) atoms. The number of piperidine rings is 1. The van der Waals surface area contributed by atoms with Gasteiger partial charge in [0.2, 0.25) is 5.91 Å². The second kappa shape index (κ2) is 3.78. The van der Waals surface area contributed by atoms with E-state index in [2.05, 4.69) is 4.90 Å². The molecule has 2 heterocycles. The normalized spacial score (nSPS) is 31.5. The van der Waals surface area contributed by atoms with Crippen LogP contribution >= 0.6 is 0 Å². The van der Waals surface area contributed by atoms with Gasteiger partial charge in [0.05, 0.1) is 25.3 Å². The van der Waals surface area contributed by atoms with Crippen molar-refractivity contribution < 1.29 is 9.53 Å². The number of ether oxygens (including phenoxy) is 1. The molecule has 2 bridgehead atoms. The number of hydrogen-bond acceptors (Lipinski definition) is 2. The molecule has 0 N–H and O–H groups in total. The van der Waals surface area contributed by atoms with Crippen LogP contribution in [0.1, 0.15) is 40.0 Å². The molecule has 3 heteroatoms. The highest BCUT2D eigenvalue weighted by molar-refractivity contribution is 5.82. The maximum atomic E-state index is 12.3. The van der Waals surface area contributed by atoms with Crippen LogP contribution < -0.4 is 0 Å². The largest absolute Gasteiger partial charge is 0.377 e. The van der Waals surface area contributed by atoms with E-state index in [1.807, 2.05) is 20.8 Å². The van der Waals surface area contributed by atoms with Crippen LogP contribution in [0.3, 0.4) is 0 Å². The summed E-state index contributed by atoms with van der Waals surface area (Å²) in [7, 11) is 0. The maximum absolute atomic E-state index is 12.3. The number of hydrogen-bond donors (Lipinski definition) is 0. The van der Waals surface area contributed by atoms with Crippen molar-refractivity contribution in [3.8, 4) is 0 Å². The third-order valence-electron chi connectivity index (χ3n) is 3.36. The Balaban J connectivity index is 2.16. The van der Waals surface area contributed by atoms with E-state index in [1.54, 1.807) is 0 Å². The molecule has 2 rings (SSSR count). The molecule has 0 aliphatic carbocycles. The van der Waals surface area contributed by atoms with Gasteiger partial charge in [0.15, 0.2) is 0 Å². The van der Waals surface area contributed by atoms with Gasteiger partial charge in [0.25, 0.3) is 0 Å². The highest BCUT2D eigenvalue weighted by atomic mass is 16.5. The zero-order valence-electron chi connectivity index (χ0n) is 9.95. The number of nitrogens with zero attached hydrogens (tertiary/aromatic N) is 1. The van der Waals surface area contributed by atoms with Crippen molar-refractivity contribution in [3.63, 3.8) is 0 Å². The topological polar surface area (TPSA) is 29.5 Å². The van der Waals surface area contributed by atoms with E-state index in [1.165, 1.54) is 6.42 Å². The first kappa shape index (κ1) is 10.9. The molecule has 0 aromatic carbocycles. The van der Waals surface area contributed by atoms with E-state index < -0.39 is 0 Å². The Labute approximate surface area is 91.8 Å². The van der Waals surface area contributed by atoms with Gasteiger partial charge in [-0.1, -0.05) is 20.8 Å². The van der Waals surface area contributed by atoms with Gasteiger partial charge >= 0.3 is 0 Å². The molecule has 2 aliphatic rings. The Morgan fingerprint density at radius 1 is 1.20 bits per heavy atom. The molecule has 0 spiro atoms. The summed E-state index contributed by atoms with van der Waals surface area (Å²) in [6, 6.07) is 0.674. The van der Waals surface area contributed by atoms with Crippen LogP contribution in [0.25, 0.3) is 0 Å². The molecule has 2 aliphatic heterocycles. The molecule has 3 nitrogen and oxygen atoms in total. The molecule has 1 amide bonds. The third kappa shape index (κ3) is 2.03. The van der Waals surface area contributed by atoms with Gasteiger partial charge in [-0.15, -0.1) is 0 Å². The lowest BCUT2D eigenvalue weighted by molar-refractivity contribution is -0.158. The molecule has 86 valence electrons. The molecule has 0 unspecified atom stereocenters. The number of morpholine rings is 1. The first-order valence-electron chi connectivity index (χ1n) is 5.90. The molecule has 2 fully saturated rings. The lowest BCUT2D eigenvalue weighted by Crippen LogP contribution is -2.59. The van der Waals surface area contributed by atoms with E-state index in [0.717, 1.165) is 26.1 Å². The van der Waals surface area contributed by atoms with E-state index in [0.29, 0.717) is 18.0 Å². The molecule has 2 atom stereocenters. The predicted molar refractivity (Wildman–Crippen MR) is 58.5 cm³/mol. The van der Waals surface area contributed by atoms with Crippen molar-refractivity contribution in [1.82, 2.24) is 4.90 Å². The minimum absolute atomic E-state index is 0.259. The van der Waals surface area contributed by atoms with Crippen molar-refractivity contribution in [2.45, 2.75) is 52.1 Å². The quantitative estimate of drug-likeness (QED) is 0.611. The molecule has 0 aromatic heterocycles. The predicted octanol–water partition coefficient (Wildman–Crippen LogP) is 1.81. The number of carbonyl (C=O) groups is 1. The monoisotopic (exact) mass is 211 g/mol. The van der Waals surface area contributed by atoms with Crippen molar-refractivity contribution >= 4 is 5.91 Å². The number of amides is 1. The average Bonchev–Trinajstić information content (AvgIpc) is 2.14. The van der Waals surface area contributed by atoms with Gasteiger partial charge in [-0.25, -0.2) is 0 Å². The van der Waals surface area contributed by atoms with Crippen molar-refractivity contribution in [3.05, 3.63) is 0 Å². The van der Waals surface area contributed by atoms with E-state index >= 15 is 0 Å². The summed E-state index contributed by atoms with van der Waals surface area (Å²) in [5.41, 5.74) is -0.259. The fraction of sp³-hybridized carbons (Fsp3) is 0.917. The average molecular weight is 211 g/mol. The van der Waals surface area contributed by atoms with Crippen LogP contribution in [-0.4, -0.2) is 36.1 Å². The lowest BCUT2D eigenvalue weighted by atomic mass is 9.88. The summed E-state index contributed by atoms with van der Waals surface area (Å²) in [6.07, 6.45) is 3.46. The maximum Gasteiger partial charge on any atom is 0.228 e. The van der Waals surface area contributed by atoms with E-state index in [-0.39, 0.29) is 5.41 Å². The van der Waals surface area contributed by atoms with Crippen molar-refractivity contribution in [1.29, 1.82) is 0 Å². The molecular formula is C12H21NO2. The lowest BCUT2D eigenvalue weighted by Gasteiger charge is -2.47. The summed E-state index contributed by atoms with van der Waals surface area (Å²) >= 11 is 0. The van der Waals surface area contributed by atoms with E-state index in [4.69, 9.17) is 4.74 Å². The Morgan fingerprint density at radius 2 is 1.73 bits per heavy atom. The van der Waals surface area contributed by atoms with Crippen LogP contribution in [0.4, 0.5) is 0 Å². The van der Waals surface area contributed by atoms with Crippen molar-refractivity contribution in [2.24, 2.45) is 5.41 Å². The first-order chi connectivity index (χ1) is 7.00. The molecular weight excluding hydrogens is 190 g/mol. The van der Waals surface area contributed by atoms with Crippen LogP contribution in [0.5, 0.6) is 0 Å². The zero-order valence-corrected chi connectivity index (χ0v) is 9.95. The van der Waals surface area contributed by atoms with Crippen LogP contribution in [-0.2, 0) is 9.53 Å². The molecule has 0 aromatic rings. The van der Waals surface area contributed by atoms with Gasteiger partial charge in [0, 0.05) is 5.41 Å². The van der Waals surface area contributed by atoms with Crippen LogP contribution in [0.15, 0.2) is 0 Å². The molecule has 2 saturated heterocycles. The number of rotatable bonds is 0. The summed E-state index contributed by atoms with van der Waals surface area (Å²) in [5, 5.41) is 0. The Morgan fingerprint density at radius 3 is 2.20 bits per heavy atom. The highest BCUT2D eigenvalue weighted by Gasteiger charge is 2.41. The van der Waals surface area contributed by atoms with Gasteiger partial charge in [-0.05, 0) is 19.3 Å². The fourth-order valence-corrected chi connectivity index (χ4v) is 2.55. The standard InChI is InChI=1S/C12H21NO2/c1-12(2,3)11(14)13-9-5-4-6-10(13)8-15-7-9/h9-10H,4-8H2,1-3H3/t9-,10-/m0/s1. The third-order valence-corrected chi connectivity index (χ3v) is 3.36. The Hall–Kier alpha value is -0.570. The second-order valence-corrected chi connectivity index (χ2v) is 5.74. The minimum atomic E-state index is -0.259. The smallest absolute Gasteiger partial charge is 0.228 e. The SMILES string of the molecule is CC(C)(C)C(=O)N1[C@H]2CCC[C@H]1COC2.